The summed E-state index contributed by atoms with van der Waals surface area (Å²) < 4.78 is 1.04. The van der Waals surface area contributed by atoms with Crippen LogP contribution in [-0.4, -0.2) is 6.04 Å². The van der Waals surface area contributed by atoms with Crippen LogP contribution in [0.4, 0.5) is 0 Å². The van der Waals surface area contributed by atoms with E-state index in [0.29, 0.717) is 0 Å². The van der Waals surface area contributed by atoms with E-state index in [1.54, 1.807) is 0 Å². The SMILES string of the molecule is CC(/C=C/c1cccc(Br)c1)N=[N+]=[N-]. The normalized spacial score (nSPS) is 12.4. The molecule has 0 heterocycles. The van der Waals surface area contributed by atoms with E-state index in [1.807, 2.05) is 43.3 Å². The minimum absolute atomic E-state index is 0.112. The third kappa shape index (κ3) is 3.64. The average molecular weight is 252 g/mol. The smallest absolute Gasteiger partial charge is 0.0530 e. The lowest BCUT2D eigenvalue weighted by molar-refractivity contribution is 0.915. The summed E-state index contributed by atoms with van der Waals surface area (Å²) in [6.45, 7) is 1.84. The van der Waals surface area contributed by atoms with Crippen molar-refractivity contribution in [2.24, 2.45) is 5.11 Å². The fourth-order valence-electron chi connectivity index (χ4n) is 0.981. The highest BCUT2D eigenvalue weighted by Crippen LogP contribution is 2.13. The van der Waals surface area contributed by atoms with E-state index < -0.39 is 0 Å². The Morgan fingerprint density at radius 1 is 1.57 bits per heavy atom. The van der Waals surface area contributed by atoms with Crippen molar-refractivity contribution in [1.82, 2.24) is 0 Å². The first-order valence-corrected chi connectivity index (χ1v) is 4.99. The fraction of sp³-hybridized carbons (Fsp3) is 0.200. The topological polar surface area (TPSA) is 48.8 Å². The maximum absolute atomic E-state index is 8.19. The summed E-state index contributed by atoms with van der Waals surface area (Å²) in [7, 11) is 0. The van der Waals surface area contributed by atoms with E-state index in [-0.39, 0.29) is 6.04 Å². The molecule has 0 aliphatic carbocycles. The lowest BCUT2D eigenvalue weighted by Gasteiger charge is -1.96. The van der Waals surface area contributed by atoms with Gasteiger partial charge in [0.2, 0.25) is 0 Å². The molecule has 3 nitrogen and oxygen atoms in total. The second kappa shape index (κ2) is 5.47. The van der Waals surface area contributed by atoms with Crippen molar-refractivity contribution in [3.8, 4) is 0 Å². The number of hydrogen-bond acceptors (Lipinski definition) is 1. The number of rotatable bonds is 3. The second-order valence-electron chi connectivity index (χ2n) is 2.86. The van der Waals surface area contributed by atoms with E-state index in [0.717, 1.165) is 10.0 Å². The molecule has 0 spiro atoms. The summed E-state index contributed by atoms with van der Waals surface area (Å²) in [4.78, 5) is 2.73. The van der Waals surface area contributed by atoms with Gasteiger partial charge in [-0.1, -0.05) is 52.3 Å². The molecule has 1 aromatic rings. The molecule has 0 saturated carbocycles. The molecule has 0 bridgehead atoms. The molecule has 0 N–H and O–H groups in total. The Bertz CT molecular complexity index is 381. The molecule has 72 valence electrons. The zero-order valence-electron chi connectivity index (χ0n) is 7.76. The van der Waals surface area contributed by atoms with Crippen molar-refractivity contribution in [3.63, 3.8) is 0 Å². The van der Waals surface area contributed by atoms with Gasteiger partial charge in [0.1, 0.15) is 0 Å². The molecule has 0 fully saturated rings. The molecule has 0 aliphatic rings. The van der Waals surface area contributed by atoms with Gasteiger partial charge in [0.05, 0.1) is 6.04 Å². The molecule has 0 aromatic heterocycles. The number of nitrogens with zero attached hydrogens (tertiary/aromatic N) is 3. The van der Waals surface area contributed by atoms with Crippen LogP contribution in [0.2, 0.25) is 0 Å². The summed E-state index contributed by atoms with van der Waals surface area (Å²) in [6, 6.07) is 7.80. The van der Waals surface area contributed by atoms with Crippen molar-refractivity contribution in [1.29, 1.82) is 0 Å². The zero-order valence-corrected chi connectivity index (χ0v) is 9.35. The monoisotopic (exact) mass is 251 g/mol. The van der Waals surface area contributed by atoms with Crippen LogP contribution in [-0.2, 0) is 0 Å². The van der Waals surface area contributed by atoms with E-state index in [9.17, 15) is 0 Å². The average Bonchev–Trinajstić information content (AvgIpc) is 2.15. The third-order valence-electron chi connectivity index (χ3n) is 1.65. The first kappa shape index (κ1) is 10.8. The summed E-state index contributed by atoms with van der Waals surface area (Å²) in [5.74, 6) is 0. The van der Waals surface area contributed by atoms with Crippen molar-refractivity contribution >= 4 is 22.0 Å². The molecule has 0 amide bonds. The van der Waals surface area contributed by atoms with E-state index in [2.05, 4.69) is 26.0 Å². The number of hydrogen-bond donors (Lipinski definition) is 0. The van der Waals surface area contributed by atoms with Gasteiger partial charge < -0.3 is 0 Å². The molecule has 1 rings (SSSR count). The van der Waals surface area contributed by atoms with E-state index >= 15 is 0 Å². The van der Waals surface area contributed by atoms with Gasteiger partial charge in [-0.3, -0.25) is 0 Å². The highest BCUT2D eigenvalue weighted by atomic mass is 79.9. The Morgan fingerprint density at radius 2 is 2.36 bits per heavy atom. The summed E-state index contributed by atoms with van der Waals surface area (Å²) in [5.41, 5.74) is 9.28. The molecule has 0 radical (unpaired) electrons. The van der Waals surface area contributed by atoms with Gasteiger partial charge in [0, 0.05) is 9.38 Å². The summed E-state index contributed by atoms with van der Waals surface area (Å²) in [5, 5.41) is 3.54. The van der Waals surface area contributed by atoms with Crippen molar-refractivity contribution < 1.29 is 0 Å². The minimum Gasteiger partial charge on any atom is -0.0868 e. The molecule has 1 unspecified atom stereocenters. The molecule has 1 aromatic carbocycles. The molecule has 4 heteroatoms. The highest BCUT2D eigenvalue weighted by Gasteiger charge is 1.91. The molecule has 1 atom stereocenters. The Hall–Kier alpha value is -1.25. The predicted molar refractivity (Wildman–Crippen MR) is 61.8 cm³/mol. The van der Waals surface area contributed by atoms with Gasteiger partial charge in [-0.05, 0) is 23.2 Å². The summed E-state index contributed by atoms with van der Waals surface area (Å²) in [6.07, 6.45) is 3.80. The van der Waals surface area contributed by atoms with Crippen LogP contribution in [0.5, 0.6) is 0 Å². The quantitative estimate of drug-likeness (QED) is 0.440. The van der Waals surface area contributed by atoms with Crippen LogP contribution in [0.1, 0.15) is 12.5 Å². The third-order valence-corrected chi connectivity index (χ3v) is 2.14. The minimum atomic E-state index is -0.112. The standard InChI is InChI=1S/C10H10BrN3/c1-8(13-14-12)5-6-9-3-2-4-10(11)7-9/h2-8H,1H3/b6-5+. The first-order chi connectivity index (χ1) is 6.72. The van der Waals surface area contributed by atoms with E-state index in [1.165, 1.54) is 0 Å². The van der Waals surface area contributed by atoms with Gasteiger partial charge in [-0.25, -0.2) is 0 Å². The van der Waals surface area contributed by atoms with Gasteiger partial charge >= 0.3 is 0 Å². The largest absolute Gasteiger partial charge is 0.0868 e. The van der Waals surface area contributed by atoms with Gasteiger partial charge in [0.25, 0.3) is 0 Å². The van der Waals surface area contributed by atoms with Crippen LogP contribution in [0.15, 0.2) is 39.9 Å². The van der Waals surface area contributed by atoms with Gasteiger partial charge in [-0.2, -0.15) is 0 Å². The van der Waals surface area contributed by atoms with Crippen LogP contribution >= 0.6 is 15.9 Å². The van der Waals surface area contributed by atoms with Gasteiger partial charge in [0.15, 0.2) is 0 Å². The molecular weight excluding hydrogens is 242 g/mol. The maximum atomic E-state index is 8.19. The van der Waals surface area contributed by atoms with Crippen LogP contribution < -0.4 is 0 Å². The first-order valence-electron chi connectivity index (χ1n) is 4.20. The lowest BCUT2D eigenvalue weighted by Crippen LogP contribution is -1.87. The fourth-order valence-corrected chi connectivity index (χ4v) is 1.40. The van der Waals surface area contributed by atoms with Crippen molar-refractivity contribution in [3.05, 3.63) is 50.8 Å². The second-order valence-corrected chi connectivity index (χ2v) is 3.78. The van der Waals surface area contributed by atoms with Crippen LogP contribution in [0.25, 0.3) is 16.5 Å². The van der Waals surface area contributed by atoms with E-state index in [4.69, 9.17) is 5.53 Å². The molecular formula is C10H10BrN3. The highest BCUT2D eigenvalue weighted by molar-refractivity contribution is 9.10. The van der Waals surface area contributed by atoms with Crippen LogP contribution in [0.3, 0.4) is 0 Å². The van der Waals surface area contributed by atoms with Gasteiger partial charge in [-0.15, -0.1) is 0 Å². The Kier molecular flexibility index (Phi) is 4.23. The maximum Gasteiger partial charge on any atom is 0.0530 e. The molecule has 14 heavy (non-hydrogen) atoms. The van der Waals surface area contributed by atoms with Crippen molar-refractivity contribution in [2.75, 3.05) is 0 Å². The summed E-state index contributed by atoms with van der Waals surface area (Å²) >= 11 is 3.38. The molecule has 0 aliphatic heterocycles. The Labute approximate surface area is 91.2 Å². The number of benzene rings is 1. The zero-order chi connectivity index (χ0) is 10.4. The lowest BCUT2D eigenvalue weighted by atomic mass is 10.2. The predicted octanol–water partition coefficient (Wildman–Crippen LogP) is 4.16. The Balaban J connectivity index is 2.73. The molecule has 0 saturated heterocycles. The Morgan fingerprint density at radius 3 is 3.00 bits per heavy atom. The van der Waals surface area contributed by atoms with Crippen LogP contribution in [0, 0.1) is 0 Å². The number of halogens is 1. The number of azide groups is 1. The van der Waals surface area contributed by atoms with Crippen molar-refractivity contribution in [2.45, 2.75) is 13.0 Å².